The lowest BCUT2D eigenvalue weighted by molar-refractivity contribution is 0.111. The van der Waals surface area contributed by atoms with Gasteiger partial charge in [-0.2, -0.15) is 0 Å². The molecule has 0 bridgehead atoms. The van der Waals surface area contributed by atoms with Crippen molar-refractivity contribution in [2.45, 2.75) is 38.3 Å². The topological polar surface area (TPSA) is 47.0 Å². The first kappa shape index (κ1) is 11.0. The summed E-state index contributed by atoms with van der Waals surface area (Å²) in [7, 11) is 1.94. The van der Waals surface area contributed by atoms with Crippen LogP contribution in [0.4, 0.5) is 0 Å². The van der Waals surface area contributed by atoms with Gasteiger partial charge in [-0.05, 0) is 26.8 Å². The predicted octanol–water partition coefficient (Wildman–Crippen LogP) is 1.54. The Hall–Kier alpha value is -0.520. The minimum absolute atomic E-state index is 0.292. The molecule has 1 fully saturated rings. The van der Waals surface area contributed by atoms with Crippen LogP contribution in [0.1, 0.15) is 35.8 Å². The van der Waals surface area contributed by atoms with E-state index in [0.29, 0.717) is 12.1 Å². The molecule has 1 aliphatic heterocycles. The van der Waals surface area contributed by atoms with Gasteiger partial charge in [-0.3, -0.25) is 0 Å². The van der Waals surface area contributed by atoms with Crippen molar-refractivity contribution in [2.75, 3.05) is 13.7 Å². The van der Waals surface area contributed by atoms with Crippen LogP contribution < -0.4 is 5.32 Å². The lowest BCUT2D eigenvalue weighted by Gasteiger charge is -2.05. The van der Waals surface area contributed by atoms with Gasteiger partial charge in [-0.25, -0.2) is 0 Å². The lowest BCUT2D eigenvalue weighted by atomic mass is 10.2. The van der Waals surface area contributed by atoms with Crippen LogP contribution in [0, 0.1) is 0 Å². The largest absolute Gasteiger partial charge is 0.378 e. The van der Waals surface area contributed by atoms with Gasteiger partial charge in [0.05, 0.1) is 12.1 Å². The van der Waals surface area contributed by atoms with Crippen LogP contribution in [0.2, 0.25) is 0 Å². The maximum Gasteiger partial charge on any atom is 0.134 e. The molecule has 2 rings (SSSR count). The van der Waals surface area contributed by atoms with Crippen LogP contribution in [0.15, 0.2) is 0 Å². The van der Waals surface area contributed by atoms with Gasteiger partial charge in [0.15, 0.2) is 0 Å². The fraction of sp³-hybridized carbons (Fsp3) is 0.800. The quantitative estimate of drug-likeness (QED) is 0.847. The molecule has 0 spiro atoms. The fourth-order valence-electron chi connectivity index (χ4n) is 1.65. The average Bonchev–Trinajstić information content (AvgIpc) is 2.88. The van der Waals surface area contributed by atoms with E-state index < -0.39 is 0 Å². The predicted molar refractivity (Wildman–Crippen MR) is 60.1 cm³/mol. The first-order chi connectivity index (χ1) is 7.29. The molecular formula is C10H17N3OS. The molecule has 15 heavy (non-hydrogen) atoms. The Morgan fingerprint density at radius 2 is 2.47 bits per heavy atom. The van der Waals surface area contributed by atoms with Crippen LogP contribution in [-0.2, 0) is 11.2 Å². The van der Waals surface area contributed by atoms with E-state index in [1.807, 2.05) is 7.05 Å². The van der Waals surface area contributed by atoms with E-state index in [2.05, 4.69) is 22.4 Å². The Kier molecular flexibility index (Phi) is 3.66. The SMILES string of the molecule is CNC(C)c1nnc(CC2CCCO2)s1. The van der Waals surface area contributed by atoms with E-state index in [-0.39, 0.29) is 0 Å². The molecule has 1 aromatic rings. The average molecular weight is 227 g/mol. The first-order valence-electron chi connectivity index (χ1n) is 5.40. The highest BCUT2D eigenvalue weighted by Crippen LogP contribution is 2.22. The minimum Gasteiger partial charge on any atom is -0.378 e. The second kappa shape index (κ2) is 5.01. The number of ether oxygens (including phenoxy) is 1. The first-order valence-corrected chi connectivity index (χ1v) is 6.22. The van der Waals surface area contributed by atoms with Crippen molar-refractivity contribution in [1.29, 1.82) is 0 Å². The molecule has 0 aromatic carbocycles. The Morgan fingerprint density at radius 1 is 1.60 bits per heavy atom. The number of nitrogens with one attached hydrogen (secondary N) is 1. The standard InChI is InChI=1S/C10H17N3OS/c1-7(11-2)10-13-12-9(15-10)6-8-4-3-5-14-8/h7-8,11H,3-6H2,1-2H3. The van der Waals surface area contributed by atoms with Crippen molar-refractivity contribution < 1.29 is 4.74 Å². The van der Waals surface area contributed by atoms with Gasteiger partial charge < -0.3 is 10.1 Å². The second-order valence-electron chi connectivity index (χ2n) is 3.88. The molecule has 5 heteroatoms. The molecule has 84 valence electrons. The van der Waals surface area contributed by atoms with Gasteiger partial charge in [0.1, 0.15) is 10.0 Å². The normalized spacial score (nSPS) is 23.2. The van der Waals surface area contributed by atoms with Gasteiger partial charge in [-0.1, -0.05) is 11.3 Å². The zero-order valence-electron chi connectivity index (χ0n) is 9.19. The van der Waals surface area contributed by atoms with E-state index in [9.17, 15) is 0 Å². The molecule has 1 aliphatic rings. The molecular weight excluding hydrogens is 210 g/mol. The van der Waals surface area contributed by atoms with Gasteiger partial charge in [0.25, 0.3) is 0 Å². The summed E-state index contributed by atoms with van der Waals surface area (Å²) in [4.78, 5) is 0. The van der Waals surface area contributed by atoms with Crippen molar-refractivity contribution in [3.63, 3.8) is 0 Å². The second-order valence-corrected chi connectivity index (χ2v) is 4.98. The zero-order chi connectivity index (χ0) is 10.7. The molecule has 0 saturated carbocycles. The molecule has 2 unspecified atom stereocenters. The third kappa shape index (κ3) is 2.74. The van der Waals surface area contributed by atoms with Crippen LogP contribution in [0.5, 0.6) is 0 Å². The monoisotopic (exact) mass is 227 g/mol. The minimum atomic E-state index is 0.292. The van der Waals surface area contributed by atoms with E-state index >= 15 is 0 Å². The van der Waals surface area contributed by atoms with Crippen molar-refractivity contribution in [2.24, 2.45) is 0 Å². The summed E-state index contributed by atoms with van der Waals surface area (Å²) in [5.74, 6) is 0. The summed E-state index contributed by atoms with van der Waals surface area (Å²) >= 11 is 1.69. The molecule has 0 amide bonds. The maximum atomic E-state index is 5.58. The molecule has 0 radical (unpaired) electrons. The highest BCUT2D eigenvalue weighted by Gasteiger charge is 2.19. The Balaban J connectivity index is 1.94. The molecule has 4 nitrogen and oxygen atoms in total. The van der Waals surface area contributed by atoms with E-state index in [4.69, 9.17) is 4.74 Å². The lowest BCUT2D eigenvalue weighted by Crippen LogP contribution is -2.11. The summed E-state index contributed by atoms with van der Waals surface area (Å²) in [5, 5.41) is 13.7. The zero-order valence-corrected chi connectivity index (χ0v) is 10.0. The van der Waals surface area contributed by atoms with Gasteiger partial charge in [-0.15, -0.1) is 10.2 Å². The van der Waals surface area contributed by atoms with Crippen molar-refractivity contribution in [1.82, 2.24) is 15.5 Å². The number of aromatic nitrogens is 2. The van der Waals surface area contributed by atoms with Crippen LogP contribution >= 0.6 is 11.3 Å². The van der Waals surface area contributed by atoms with E-state index in [1.165, 1.54) is 6.42 Å². The summed E-state index contributed by atoms with van der Waals surface area (Å²) < 4.78 is 5.58. The van der Waals surface area contributed by atoms with Gasteiger partial charge in [0, 0.05) is 13.0 Å². The number of hydrogen-bond donors (Lipinski definition) is 1. The highest BCUT2D eigenvalue weighted by molar-refractivity contribution is 7.11. The smallest absolute Gasteiger partial charge is 0.134 e. The summed E-state index contributed by atoms with van der Waals surface area (Å²) in [5.41, 5.74) is 0. The van der Waals surface area contributed by atoms with Crippen molar-refractivity contribution in [3.05, 3.63) is 10.0 Å². The fourth-order valence-corrected chi connectivity index (χ4v) is 2.62. The van der Waals surface area contributed by atoms with Crippen LogP contribution in [0.25, 0.3) is 0 Å². The summed E-state index contributed by atoms with van der Waals surface area (Å²) in [6.45, 7) is 3.00. The Bertz CT molecular complexity index is 309. The van der Waals surface area contributed by atoms with Crippen molar-refractivity contribution >= 4 is 11.3 Å². The molecule has 1 aromatic heterocycles. The number of hydrogen-bond acceptors (Lipinski definition) is 5. The van der Waals surface area contributed by atoms with Gasteiger partial charge in [0.2, 0.25) is 0 Å². The third-order valence-corrected chi connectivity index (χ3v) is 3.84. The number of rotatable bonds is 4. The molecule has 1 saturated heterocycles. The molecule has 2 heterocycles. The third-order valence-electron chi connectivity index (χ3n) is 2.71. The Labute approximate surface area is 94.1 Å². The van der Waals surface area contributed by atoms with Crippen molar-refractivity contribution in [3.8, 4) is 0 Å². The molecule has 1 N–H and O–H groups in total. The van der Waals surface area contributed by atoms with Crippen LogP contribution in [-0.4, -0.2) is 30.0 Å². The molecule has 0 aliphatic carbocycles. The highest BCUT2D eigenvalue weighted by atomic mass is 32.1. The number of nitrogens with zero attached hydrogens (tertiary/aromatic N) is 2. The Morgan fingerprint density at radius 3 is 3.13 bits per heavy atom. The van der Waals surface area contributed by atoms with Gasteiger partial charge >= 0.3 is 0 Å². The van der Waals surface area contributed by atoms with E-state index in [0.717, 1.165) is 29.5 Å². The summed E-state index contributed by atoms with van der Waals surface area (Å²) in [6, 6.07) is 0.292. The molecule has 2 atom stereocenters. The maximum absolute atomic E-state index is 5.58. The van der Waals surface area contributed by atoms with Crippen LogP contribution in [0.3, 0.4) is 0 Å². The summed E-state index contributed by atoms with van der Waals surface area (Å²) in [6.07, 6.45) is 3.64. The van der Waals surface area contributed by atoms with E-state index in [1.54, 1.807) is 11.3 Å².